The Morgan fingerprint density at radius 2 is 1.80 bits per heavy atom. The number of nitrogens with two attached hydrogens (primary N) is 1. The normalized spacial score (nSPS) is 46.9. The molecule has 0 bridgehead atoms. The van der Waals surface area contributed by atoms with Gasteiger partial charge in [0.2, 0.25) is 5.91 Å². The van der Waals surface area contributed by atoms with E-state index < -0.39 is 11.6 Å². The molecule has 1 aromatic heterocycles. The largest absolute Gasteiger partial charge is 0.458 e. The van der Waals surface area contributed by atoms with E-state index in [0.717, 1.165) is 51.4 Å². The van der Waals surface area contributed by atoms with Gasteiger partial charge in [0.05, 0.1) is 29.4 Å². The fraction of sp³-hybridized carbons (Fsp3) is 0.816. The molecule has 5 aliphatic carbocycles. The van der Waals surface area contributed by atoms with E-state index in [4.69, 9.17) is 15.2 Å². The Morgan fingerprint density at radius 3 is 2.46 bits per heavy atom. The lowest BCUT2D eigenvalue weighted by Crippen LogP contribution is -2.70. The number of fused-ring (bicyclic) bond motifs is 4. The zero-order chi connectivity index (χ0) is 33.2. The zero-order valence-electron chi connectivity index (χ0n) is 29.3. The third kappa shape index (κ3) is 4.17. The first-order chi connectivity index (χ1) is 21.4. The van der Waals surface area contributed by atoms with Gasteiger partial charge in [0.25, 0.3) is 0 Å². The van der Waals surface area contributed by atoms with E-state index in [1.54, 1.807) is 31.5 Å². The third-order valence-corrected chi connectivity index (χ3v) is 15.0. The third-order valence-electron chi connectivity index (χ3n) is 15.0. The van der Waals surface area contributed by atoms with Crippen molar-refractivity contribution in [1.82, 2.24) is 9.88 Å². The number of aromatic nitrogens is 1. The van der Waals surface area contributed by atoms with Gasteiger partial charge in [-0.05, 0) is 124 Å². The summed E-state index contributed by atoms with van der Waals surface area (Å²) < 4.78 is 13.1. The number of pyridine rings is 1. The van der Waals surface area contributed by atoms with Gasteiger partial charge in [0.15, 0.2) is 0 Å². The van der Waals surface area contributed by atoms with Crippen LogP contribution in [-0.4, -0.2) is 68.9 Å². The summed E-state index contributed by atoms with van der Waals surface area (Å²) in [6.07, 6.45) is 10.0. The first-order valence-corrected chi connectivity index (χ1v) is 18.0. The average Bonchev–Trinajstić information content (AvgIpc) is 3.61. The van der Waals surface area contributed by atoms with Crippen molar-refractivity contribution in [3.05, 3.63) is 30.1 Å². The molecule has 1 aliphatic heterocycles. The Bertz CT molecular complexity index is 1390. The molecule has 2 spiro atoms. The highest BCUT2D eigenvalue weighted by atomic mass is 16.5. The number of nitrogens with zero attached hydrogens (tertiary/aromatic N) is 2. The number of carbonyl (C=O) groups is 2. The number of aliphatic hydroxyl groups excluding tert-OH is 1. The number of amides is 1. The molecule has 8 heteroatoms. The standard InChI is InChI=1S/C38H57N3O5/c1-22-18-25(20-41(23(2)42)33(3,4)5)45-30-29(22)35(8)15-16-37-21-36(37)14-13-28(46-32(44)24-10-9-17-40-19-24)34(6,7)26(36)11-12-27(37)38(35,39)31(30)43/h9-10,17,19,22,25-31,43H,11-16,18,20-21,39H2,1-8H3/t22-,25?,26+,27?,28+,29+,30?,31+,35-,36?,37+,38+/m1/s1. The maximum absolute atomic E-state index is 13.1. The van der Waals surface area contributed by atoms with E-state index in [9.17, 15) is 14.7 Å². The quantitative estimate of drug-likeness (QED) is 0.405. The van der Waals surface area contributed by atoms with Gasteiger partial charge in [-0.1, -0.05) is 27.7 Å². The van der Waals surface area contributed by atoms with E-state index in [0.29, 0.717) is 23.9 Å². The molecule has 2 heterocycles. The Morgan fingerprint density at radius 1 is 1.11 bits per heavy atom. The number of carbonyl (C=O) groups excluding carboxylic acids is 2. The molecule has 46 heavy (non-hydrogen) atoms. The highest BCUT2D eigenvalue weighted by molar-refractivity contribution is 5.89. The molecule has 6 fully saturated rings. The monoisotopic (exact) mass is 635 g/mol. The lowest BCUT2D eigenvalue weighted by atomic mass is 9.43. The van der Waals surface area contributed by atoms with Crippen molar-refractivity contribution in [3.63, 3.8) is 0 Å². The van der Waals surface area contributed by atoms with Gasteiger partial charge in [-0.15, -0.1) is 0 Å². The fourth-order valence-electron chi connectivity index (χ4n) is 13.1. The van der Waals surface area contributed by atoms with Crippen LogP contribution in [0.25, 0.3) is 0 Å². The van der Waals surface area contributed by atoms with Gasteiger partial charge >= 0.3 is 5.97 Å². The van der Waals surface area contributed by atoms with Crippen LogP contribution in [0, 0.1) is 45.3 Å². The van der Waals surface area contributed by atoms with Gasteiger partial charge in [-0.3, -0.25) is 9.78 Å². The SMILES string of the molecule is CC(=O)N(CC1C[C@@H](C)[C@H]2C(O1)[C@H](O)[C@@]1(N)C3CC[C@H]4C(C)(C)[C@@H](OC(=O)c5cccnc5)CCC45C[C@@]35CC[C@]21C)C(C)(C)C. The zero-order valence-corrected chi connectivity index (χ0v) is 29.3. The Hall–Kier alpha value is -2.03. The Balaban J connectivity index is 1.14. The molecule has 5 saturated carbocycles. The van der Waals surface area contributed by atoms with Crippen LogP contribution in [0.5, 0.6) is 0 Å². The van der Waals surface area contributed by atoms with Crippen molar-refractivity contribution in [1.29, 1.82) is 0 Å². The maximum Gasteiger partial charge on any atom is 0.339 e. The molecule has 7 rings (SSSR count). The second kappa shape index (κ2) is 10.2. The van der Waals surface area contributed by atoms with Gasteiger partial charge in [-0.2, -0.15) is 0 Å². The summed E-state index contributed by atoms with van der Waals surface area (Å²) in [4.78, 5) is 31.7. The number of ether oxygens (including phenoxy) is 2. The van der Waals surface area contributed by atoms with E-state index in [-0.39, 0.29) is 69.2 Å². The van der Waals surface area contributed by atoms with Crippen LogP contribution in [0.2, 0.25) is 0 Å². The predicted octanol–water partition coefficient (Wildman–Crippen LogP) is 5.76. The molecule has 1 amide bonds. The highest BCUT2D eigenvalue weighted by Gasteiger charge is 2.85. The Labute approximate surface area is 275 Å². The van der Waals surface area contributed by atoms with Crippen LogP contribution in [0.1, 0.15) is 117 Å². The van der Waals surface area contributed by atoms with Gasteiger partial charge in [0.1, 0.15) is 6.10 Å². The topological polar surface area (TPSA) is 115 Å². The maximum atomic E-state index is 13.1. The van der Waals surface area contributed by atoms with Crippen molar-refractivity contribution in [2.24, 2.45) is 51.1 Å². The molecule has 1 aromatic rings. The van der Waals surface area contributed by atoms with Crippen LogP contribution in [0.4, 0.5) is 0 Å². The molecule has 4 unspecified atom stereocenters. The Kier molecular flexibility index (Phi) is 7.24. The van der Waals surface area contributed by atoms with E-state index in [1.807, 2.05) is 4.90 Å². The molecule has 1 saturated heterocycles. The summed E-state index contributed by atoms with van der Waals surface area (Å²) in [5.41, 5.74) is 7.18. The van der Waals surface area contributed by atoms with Crippen LogP contribution in [0.15, 0.2) is 24.5 Å². The van der Waals surface area contributed by atoms with Crippen LogP contribution >= 0.6 is 0 Å². The molecule has 0 radical (unpaired) electrons. The minimum Gasteiger partial charge on any atom is -0.458 e. The number of esters is 1. The molecule has 6 aliphatic rings. The number of hydrogen-bond acceptors (Lipinski definition) is 7. The van der Waals surface area contributed by atoms with Crippen molar-refractivity contribution in [2.75, 3.05) is 6.54 Å². The highest BCUT2D eigenvalue weighted by Crippen LogP contribution is 2.87. The average molecular weight is 636 g/mol. The lowest BCUT2D eigenvalue weighted by molar-refractivity contribution is -0.158. The van der Waals surface area contributed by atoms with E-state index >= 15 is 0 Å². The molecule has 8 nitrogen and oxygen atoms in total. The van der Waals surface area contributed by atoms with Crippen LogP contribution in [0.3, 0.4) is 0 Å². The molecular formula is C38H57N3O5. The summed E-state index contributed by atoms with van der Waals surface area (Å²) >= 11 is 0. The number of hydrogen-bond donors (Lipinski definition) is 2. The molecule has 3 N–H and O–H groups in total. The van der Waals surface area contributed by atoms with Crippen molar-refractivity contribution < 1.29 is 24.2 Å². The minimum absolute atomic E-state index is 0.0518. The first kappa shape index (κ1) is 32.5. The molecule has 12 atom stereocenters. The lowest BCUT2D eigenvalue weighted by Gasteiger charge is -2.63. The van der Waals surface area contributed by atoms with Gasteiger partial charge < -0.3 is 25.2 Å². The second-order valence-electron chi connectivity index (χ2n) is 18.2. The predicted molar refractivity (Wildman–Crippen MR) is 175 cm³/mol. The number of rotatable bonds is 4. The smallest absolute Gasteiger partial charge is 0.339 e. The van der Waals surface area contributed by atoms with Gasteiger partial charge in [0, 0.05) is 36.8 Å². The van der Waals surface area contributed by atoms with E-state index in [2.05, 4.69) is 53.5 Å². The first-order valence-electron chi connectivity index (χ1n) is 18.0. The summed E-state index contributed by atoms with van der Waals surface area (Å²) in [6.45, 7) is 17.7. The molecule has 254 valence electrons. The summed E-state index contributed by atoms with van der Waals surface area (Å²) in [6, 6.07) is 3.55. The summed E-state index contributed by atoms with van der Waals surface area (Å²) in [7, 11) is 0. The van der Waals surface area contributed by atoms with Crippen molar-refractivity contribution in [3.8, 4) is 0 Å². The summed E-state index contributed by atoms with van der Waals surface area (Å²) in [5, 5.41) is 12.4. The molecular weight excluding hydrogens is 578 g/mol. The van der Waals surface area contributed by atoms with Gasteiger partial charge in [-0.25, -0.2) is 4.79 Å². The molecule has 0 aromatic carbocycles. The minimum atomic E-state index is -0.741. The van der Waals surface area contributed by atoms with Crippen molar-refractivity contribution >= 4 is 11.9 Å². The van der Waals surface area contributed by atoms with Crippen molar-refractivity contribution in [2.45, 2.75) is 142 Å². The van der Waals surface area contributed by atoms with E-state index in [1.165, 1.54) is 0 Å². The second-order valence-corrected chi connectivity index (χ2v) is 18.2. The summed E-state index contributed by atoms with van der Waals surface area (Å²) in [5.74, 6) is 0.973. The fourth-order valence-corrected chi connectivity index (χ4v) is 13.1. The van der Waals surface area contributed by atoms with Crippen LogP contribution < -0.4 is 5.73 Å². The number of aliphatic hydroxyl groups is 1. The van der Waals surface area contributed by atoms with Crippen LogP contribution in [-0.2, 0) is 14.3 Å².